The third kappa shape index (κ3) is 5.55. The number of halogens is 5. The molecule has 0 amide bonds. The fraction of sp³-hybridized carbons (Fsp3) is 0.250. The van der Waals surface area contributed by atoms with Crippen LogP contribution >= 0.6 is 0 Å². The molecule has 3 heterocycles. The van der Waals surface area contributed by atoms with E-state index in [1.807, 2.05) is 26.8 Å². The number of furan rings is 1. The fourth-order valence-electron chi connectivity index (χ4n) is 4.08. The van der Waals surface area contributed by atoms with Crippen LogP contribution in [0.25, 0.3) is 22.6 Å². The maximum atomic E-state index is 14.4. The summed E-state index contributed by atoms with van der Waals surface area (Å²) in [7, 11) is 0. The molecule has 39 heavy (non-hydrogen) atoms. The molecule has 0 saturated heterocycles. The topological polar surface area (TPSA) is 81.1 Å². The summed E-state index contributed by atoms with van der Waals surface area (Å²) >= 11 is 0. The molecule has 0 N–H and O–H groups in total. The first-order valence-electron chi connectivity index (χ1n) is 11.9. The number of benzene rings is 1. The summed E-state index contributed by atoms with van der Waals surface area (Å²) < 4.78 is 81.3. The van der Waals surface area contributed by atoms with E-state index in [-0.39, 0.29) is 22.9 Å². The third-order valence-electron chi connectivity index (χ3n) is 6.03. The van der Waals surface area contributed by atoms with E-state index in [0.717, 1.165) is 22.3 Å². The highest BCUT2D eigenvalue weighted by Crippen LogP contribution is 2.36. The van der Waals surface area contributed by atoms with Crippen LogP contribution < -0.4 is 10.3 Å². The molecule has 3 aromatic heterocycles. The van der Waals surface area contributed by atoms with Gasteiger partial charge in [0.2, 0.25) is 5.88 Å². The van der Waals surface area contributed by atoms with Gasteiger partial charge in [0, 0.05) is 34.5 Å². The van der Waals surface area contributed by atoms with Crippen LogP contribution in [0.4, 0.5) is 22.0 Å². The van der Waals surface area contributed by atoms with E-state index in [0.29, 0.717) is 35.7 Å². The lowest BCUT2D eigenvalue weighted by Gasteiger charge is -2.16. The number of aromatic nitrogens is 2. The highest BCUT2D eigenvalue weighted by molar-refractivity contribution is 5.70. The lowest BCUT2D eigenvalue weighted by atomic mass is 10.0. The lowest BCUT2D eigenvalue weighted by Crippen LogP contribution is -2.29. The number of pyridine rings is 2. The van der Waals surface area contributed by atoms with E-state index < -0.39 is 41.0 Å². The van der Waals surface area contributed by atoms with E-state index in [1.54, 1.807) is 0 Å². The number of rotatable bonds is 7. The molecule has 11 heteroatoms. The second-order valence-corrected chi connectivity index (χ2v) is 8.96. The van der Waals surface area contributed by atoms with Crippen molar-refractivity contribution >= 4 is 0 Å². The van der Waals surface area contributed by atoms with Crippen molar-refractivity contribution in [1.82, 2.24) is 9.55 Å². The van der Waals surface area contributed by atoms with E-state index >= 15 is 0 Å². The first-order valence-corrected chi connectivity index (χ1v) is 11.9. The molecule has 1 aromatic carbocycles. The summed E-state index contributed by atoms with van der Waals surface area (Å²) in [6, 6.07) is 7.76. The molecule has 0 spiro atoms. The zero-order chi connectivity index (χ0) is 28.5. The molecule has 0 fully saturated rings. The van der Waals surface area contributed by atoms with Crippen molar-refractivity contribution in [2.24, 2.45) is 0 Å². The minimum absolute atomic E-state index is 0.0500. The number of alkyl halides is 3. The van der Waals surface area contributed by atoms with Crippen LogP contribution in [0.2, 0.25) is 0 Å². The summed E-state index contributed by atoms with van der Waals surface area (Å²) in [4.78, 5) is 17.5. The van der Waals surface area contributed by atoms with Gasteiger partial charge in [-0.05, 0) is 37.1 Å². The monoisotopic (exact) mass is 543 g/mol. The Kier molecular flexibility index (Phi) is 7.58. The Bertz CT molecular complexity index is 1630. The van der Waals surface area contributed by atoms with Crippen LogP contribution in [0.15, 0.2) is 58.1 Å². The normalized spacial score (nSPS) is 11.6. The average Bonchev–Trinajstić information content (AvgIpc) is 3.36. The van der Waals surface area contributed by atoms with Crippen molar-refractivity contribution in [3.05, 3.63) is 93.1 Å². The molecule has 0 saturated carbocycles. The second kappa shape index (κ2) is 10.7. The molecule has 0 atom stereocenters. The number of hydrogen-bond acceptors (Lipinski definition) is 5. The Morgan fingerprint density at radius 1 is 1.13 bits per heavy atom. The summed E-state index contributed by atoms with van der Waals surface area (Å²) in [5.74, 6) is -1.51. The maximum Gasteiger partial charge on any atom is 0.417 e. The molecule has 0 aliphatic carbocycles. The highest BCUT2D eigenvalue weighted by Gasteiger charge is 2.37. The minimum atomic E-state index is -5.03. The van der Waals surface area contributed by atoms with E-state index in [4.69, 9.17) is 9.15 Å². The van der Waals surface area contributed by atoms with Crippen LogP contribution in [0.3, 0.4) is 0 Å². The van der Waals surface area contributed by atoms with Gasteiger partial charge < -0.3 is 9.15 Å². The van der Waals surface area contributed by atoms with Crippen molar-refractivity contribution in [1.29, 1.82) is 5.26 Å². The predicted molar refractivity (Wildman–Crippen MR) is 132 cm³/mol. The first-order chi connectivity index (χ1) is 18.4. The summed E-state index contributed by atoms with van der Waals surface area (Å²) in [5, 5.41) is 9.36. The van der Waals surface area contributed by atoms with Gasteiger partial charge in [0.1, 0.15) is 23.3 Å². The second-order valence-electron chi connectivity index (χ2n) is 8.96. The van der Waals surface area contributed by atoms with Crippen molar-refractivity contribution in [3.8, 4) is 34.5 Å². The van der Waals surface area contributed by atoms with Crippen molar-refractivity contribution in [3.63, 3.8) is 0 Å². The summed E-state index contributed by atoms with van der Waals surface area (Å²) in [6.45, 7) is 5.56. The van der Waals surface area contributed by atoms with Crippen molar-refractivity contribution < 1.29 is 31.1 Å². The maximum absolute atomic E-state index is 14.4. The van der Waals surface area contributed by atoms with Gasteiger partial charge in [-0.3, -0.25) is 9.36 Å². The third-order valence-corrected chi connectivity index (χ3v) is 6.03. The molecular weight excluding hydrogens is 521 g/mol. The Balaban J connectivity index is 1.90. The molecule has 0 aliphatic heterocycles. The Morgan fingerprint density at radius 3 is 2.49 bits per heavy atom. The standard InChI is InChI=1S/C28H22F5N3O3/c1-4-38-26-20(15(2)3)7-17(12-35-26)18-8-25(39-14-18)24-10-22(28(31,32)33)21(11-34)27(37)36(24)13-16-5-6-19(29)9-23(16)30/h5-10,12,14-15H,4,13H2,1-3H3. The Morgan fingerprint density at radius 2 is 1.87 bits per heavy atom. The van der Waals surface area contributed by atoms with Gasteiger partial charge in [0.15, 0.2) is 5.76 Å². The van der Waals surface area contributed by atoms with Crippen LogP contribution in [-0.4, -0.2) is 16.2 Å². The van der Waals surface area contributed by atoms with Gasteiger partial charge >= 0.3 is 6.18 Å². The van der Waals surface area contributed by atoms with E-state index in [2.05, 4.69) is 4.98 Å². The van der Waals surface area contributed by atoms with E-state index in [9.17, 15) is 32.0 Å². The van der Waals surface area contributed by atoms with E-state index in [1.165, 1.54) is 24.6 Å². The SMILES string of the molecule is CCOc1ncc(-c2coc(-c3cc(C(F)(F)F)c(C#N)c(=O)n3Cc3ccc(F)cc3F)c2)cc1C(C)C. The van der Waals surface area contributed by atoms with Crippen LogP contribution in [0.5, 0.6) is 5.88 Å². The molecule has 0 radical (unpaired) electrons. The predicted octanol–water partition coefficient (Wildman–Crippen LogP) is 6.91. The fourth-order valence-corrected chi connectivity index (χ4v) is 4.08. The number of nitriles is 1. The largest absolute Gasteiger partial charge is 0.478 e. The zero-order valence-corrected chi connectivity index (χ0v) is 21.1. The van der Waals surface area contributed by atoms with Gasteiger partial charge in [-0.25, -0.2) is 13.8 Å². The van der Waals surface area contributed by atoms with Gasteiger partial charge in [0.25, 0.3) is 5.56 Å². The molecule has 0 aliphatic rings. The Labute approximate surface area is 219 Å². The molecule has 4 rings (SSSR count). The molecule has 202 valence electrons. The summed E-state index contributed by atoms with van der Waals surface area (Å²) in [5.41, 5.74) is -2.59. The number of ether oxygens (including phenoxy) is 1. The minimum Gasteiger partial charge on any atom is -0.478 e. The van der Waals surface area contributed by atoms with Gasteiger partial charge in [-0.15, -0.1) is 0 Å². The molecule has 6 nitrogen and oxygen atoms in total. The lowest BCUT2D eigenvalue weighted by molar-refractivity contribution is -0.137. The molecular formula is C28H22F5N3O3. The average molecular weight is 543 g/mol. The first kappa shape index (κ1) is 27.6. The van der Waals surface area contributed by atoms with Crippen LogP contribution in [0.1, 0.15) is 48.9 Å². The van der Waals surface area contributed by atoms with Gasteiger partial charge in [-0.1, -0.05) is 19.9 Å². The van der Waals surface area contributed by atoms with Crippen LogP contribution in [-0.2, 0) is 12.7 Å². The zero-order valence-electron chi connectivity index (χ0n) is 21.1. The van der Waals surface area contributed by atoms with Crippen molar-refractivity contribution in [2.75, 3.05) is 6.61 Å². The van der Waals surface area contributed by atoms with Gasteiger partial charge in [0.05, 0.1) is 30.7 Å². The van der Waals surface area contributed by atoms with Crippen molar-refractivity contribution in [2.45, 2.75) is 39.4 Å². The van der Waals surface area contributed by atoms with Gasteiger partial charge in [-0.2, -0.15) is 18.4 Å². The Hall–Kier alpha value is -4.46. The van der Waals surface area contributed by atoms with Crippen LogP contribution in [0, 0.1) is 23.0 Å². The highest BCUT2D eigenvalue weighted by atomic mass is 19.4. The number of hydrogen-bond donors (Lipinski definition) is 0. The summed E-state index contributed by atoms with van der Waals surface area (Å²) in [6.07, 6.45) is -2.22. The molecule has 0 unspecified atom stereocenters. The quantitative estimate of drug-likeness (QED) is 0.237. The molecule has 4 aromatic rings. The molecule has 0 bridgehead atoms. The number of nitrogens with zero attached hydrogens (tertiary/aromatic N) is 3. The smallest absolute Gasteiger partial charge is 0.417 e.